The maximum Gasteiger partial charge on any atom is 0.339 e. The highest BCUT2D eigenvalue weighted by atomic mass is 16.6. The lowest BCUT2D eigenvalue weighted by Gasteiger charge is -2.44. The number of phenols is 4. The first-order valence-electron chi connectivity index (χ1n) is 11.8. The molecule has 13 nitrogen and oxygen atoms in total. The van der Waals surface area contributed by atoms with Crippen molar-refractivity contribution in [2.24, 2.45) is 0 Å². The number of ether oxygens (including phenoxy) is 2. The summed E-state index contributed by atoms with van der Waals surface area (Å²) in [5.41, 5.74) is -5.14. The predicted octanol–water partition coefficient (Wildman–Crippen LogP) is 0.629. The van der Waals surface area contributed by atoms with E-state index in [0.29, 0.717) is 0 Å². The lowest BCUT2D eigenvalue weighted by Crippen LogP contribution is -2.58. The number of benzene rings is 2. The van der Waals surface area contributed by atoms with Crippen LogP contribution in [0, 0.1) is 6.92 Å². The Morgan fingerprint density at radius 3 is 2.08 bits per heavy atom. The molecule has 0 bridgehead atoms. The van der Waals surface area contributed by atoms with Gasteiger partial charge in [0.05, 0.1) is 28.9 Å². The van der Waals surface area contributed by atoms with E-state index in [2.05, 4.69) is 0 Å². The molecule has 0 spiro atoms. The first-order valence-corrected chi connectivity index (χ1v) is 11.8. The number of carbonyl (C=O) groups excluding carboxylic acids is 2. The summed E-state index contributed by atoms with van der Waals surface area (Å²) < 4.78 is 11.4. The van der Waals surface area contributed by atoms with Gasteiger partial charge in [-0.15, -0.1) is 0 Å². The number of carbonyl (C=O) groups is 3. The van der Waals surface area contributed by atoms with Gasteiger partial charge in [0, 0.05) is 11.1 Å². The Morgan fingerprint density at radius 2 is 1.54 bits per heavy atom. The molecule has 1 unspecified atom stereocenters. The van der Waals surface area contributed by atoms with Gasteiger partial charge in [-0.2, -0.15) is 0 Å². The molecule has 0 amide bonds. The third kappa shape index (κ3) is 4.28. The van der Waals surface area contributed by atoms with Crippen molar-refractivity contribution in [2.45, 2.75) is 63.8 Å². The molecule has 1 aliphatic carbocycles. The van der Waals surface area contributed by atoms with Gasteiger partial charge in [0.25, 0.3) is 0 Å². The van der Waals surface area contributed by atoms with E-state index in [1.54, 1.807) is 20.8 Å². The van der Waals surface area contributed by atoms with Gasteiger partial charge in [-0.3, -0.25) is 9.59 Å². The summed E-state index contributed by atoms with van der Waals surface area (Å²) in [7, 11) is 0. The molecule has 2 aromatic rings. The van der Waals surface area contributed by atoms with E-state index in [1.165, 1.54) is 6.92 Å². The number of fused-ring (bicyclic) bond motifs is 2. The molecule has 1 saturated heterocycles. The molecule has 1 fully saturated rings. The SMILES string of the molecule is Cc1c(C(=O)O)c(O)cc2c1C(=O)c1c(O)c(C3O[C@H](CO)[C@@H](OC(C)(C)C)[C@H](O)[C@H]3O)c(O)c(O)c1C2=O. The number of aliphatic hydroxyl groups is 3. The topological polar surface area (TPSA) is 232 Å². The van der Waals surface area contributed by atoms with Gasteiger partial charge >= 0.3 is 5.97 Å². The predicted molar refractivity (Wildman–Crippen MR) is 129 cm³/mol. The lowest BCUT2D eigenvalue weighted by molar-refractivity contribution is -0.263. The molecule has 5 atom stereocenters. The third-order valence-corrected chi connectivity index (χ3v) is 6.79. The minimum absolute atomic E-state index is 0.290. The zero-order valence-corrected chi connectivity index (χ0v) is 21.3. The first-order chi connectivity index (χ1) is 18.0. The van der Waals surface area contributed by atoms with E-state index in [9.17, 15) is 55.2 Å². The van der Waals surface area contributed by atoms with Crippen molar-refractivity contribution in [1.82, 2.24) is 0 Å². The van der Waals surface area contributed by atoms with Gasteiger partial charge in [-0.25, -0.2) is 4.79 Å². The van der Waals surface area contributed by atoms with Gasteiger partial charge in [-0.05, 0) is 39.3 Å². The lowest BCUT2D eigenvalue weighted by atomic mass is 9.77. The summed E-state index contributed by atoms with van der Waals surface area (Å²) in [5, 5.41) is 83.9. The van der Waals surface area contributed by atoms with Crippen molar-refractivity contribution in [1.29, 1.82) is 0 Å². The summed E-state index contributed by atoms with van der Waals surface area (Å²) in [6, 6.07) is 0.738. The first kappa shape index (κ1) is 28.3. The maximum absolute atomic E-state index is 13.6. The van der Waals surface area contributed by atoms with Crippen molar-refractivity contribution in [3.05, 3.63) is 45.0 Å². The average Bonchev–Trinajstić information content (AvgIpc) is 2.82. The summed E-state index contributed by atoms with van der Waals surface area (Å²) in [6.07, 6.45) is -8.04. The second-order valence-corrected chi connectivity index (χ2v) is 10.4. The molecule has 0 aromatic heterocycles. The number of ketones is 2. The highest BCUT2D eigenvalue weighted by molar-refractivity contribution is 6.31. The molecule has 210 valence electrons. The standard InChI is InChI=1S/C26H28O13/c1-7-11-8(5-9(28)12(7)25(36)37)16(29)13-14(17(11)30)18(31)15(20(33)19(13)32)24-22(35)21(34)23(10(6-27)38-24)39-26(2,3)4/h5,10,21-24,27-28,31-35H,6H2,1-4H3,(H,36,37)/t10-,21-,22-,23-,24?/m1/s1. The monoisotopic (exact) mass is 548 g/mol. The molecule has 13 heteroatoms. The van der Waals surface area contributed by atoms with E-state index in [4.69, 9.17) is 9.47 Å². The molecule has 1 heterocycles. The Bertz CT molecular complexity index is 1400. The highest BCUT2D eigenvalue weighted by Gasteiger charge is 2.50. The fourth-order valence-corrected chi connectivity index (χ4v) is 5.12. The van der Waals surface area contributed by atoms with Gasteiger partial charge in [0.1, 0.15) is 47.6 Å². The molecule has 8 N–H and O–H groups in total. The smallest absolute Gasteiger partial charge is 0.339 e. The van der Waals surface area contributed by atoms with Crippen LogP contribution in [0.5, 0.6) is 23.0 Å². The van der Waals surface area contributed by atoms with E-state index in [-0.39, 0.29) is 5.56 Å². The molecule has 2 aliphatic rings. The van der Waals surface area contributed by atoms with Crippen molar-refractivity contribution < 1.29 is 64.7 Å². The number of carboxylic acids is 1. The fraction of sp³-hybridized carbons (Fsp3) is 0.423. The highest BCUT2D eigenvalue weighted by Crippen LogP contribution is 2.52. The van der Waals surface area contributed by atoms with E-state index in [0.717, 1.165) is 6.07 Å². The number of aromatic carboxylic acids is 1. The minimum atomic E-state index is -1.92. The molecular weight excluding hydrogens is 520 g/mol. The summed E-state index contributed by atoms with van der Waals surface area (Å²) in [6.45, 7) is 5.41. The Kier molecular flexibility index (Phi) is 6.86. The Morgan fingerprint density at radius 1 is 0.949 bits per heavy atom. The van der Waals surface area contributed by atoms with Crippen LogP contribution in [0.25, 0.3) is 0 Å². The number of rotatable bonds is 4. The van der Waals surface area contributed by atoms with Crippen molar-refractivity contribution in [3.8, 4) is 23.0 Å². The van der Waals surface area contributed by atoms with Gasteiger partial charge in [0.15, 0.2) is 23.1 Å². The second-order valence-electron chi connectivity index (χ2n) is 10.4. The molecule has 2 aromatic carbocycles. The number of carboxylic acid groups (broad SMARTS) is 1. The Labute approximate surface area is 221 Å². The molecule has 4 rings (SSSR count). The van der Waals surface area contributed by atoms with Crippen LogP contribution in [0.4, 0.5) is 0 Å². The fourth-order valence-electron chi connectivity index (χ4n) is 5.12. The quantitative estimate of drug-likeness (QED) is 0.165. The molecule has 39 heavy (non-hydrogen) atoms. The van der Waals surface area contributed by atoms with Gasteiger partial charge in [-0.1, -0.05) is 0 Å². The maximum atomic E-state index is 13.6. The van der Waals surface area contributed by atoms with Crippen LogP contribution in [0.15, 0.2) is 6.07 Å². The summed E-state index contributed by atoms with van der Waals surface area (Å²) in [4.78, 5) is 38.5. The van der Waals surface area contributed by atoms with Crippen LogP contribution in [0.3, 0.4) is 0 Å². The van der Waals surface area contributed by atoms with Crippen LogP contribution in [-0.2, 0) is 9.47 Å². The largest absolute Gasteiger partial charge is 0.507 e. The molecule has 1 aliphatic heterocycles. The normalized spacial score (nSPS) is 24.8. The number of phenolic OH excluding ortho intramolecular Hbond substituents is 3. The third-order valence-electron chi connectivity index (χ3n) is 6.79. The van der Waals surface area contributed by atoms with Crippen LogP contribution >= 0.6 is 0 Å². The van der Waals surface area contributed by atoms with Gasteiger partial charge in [0.2, 0.25) is 0 Å². The van der Waals surface area contributed by atoms with Crippen molar-refractivity contribution in [3.63, 3.8) is 0 Å². The Balaban J connectivity index is 1.91. The average molecular weight is 548 g/mol. The summed E-state index contributed by atoms with van der Waals surface area (Å²) in [5.74, 6) is -8.04. The zero-order chi connectivity index (χ0) is 29.3. The van der Waals surface area contributed by atoms with Crippen LogP contribution in [-0.4, -0.2) is 95.0 Å². The van der Waals surface area contributed by atoms with Crippen LogP contribution < -0.4 is 0 Å². The number of aromatic hydroxyl groups is 4. The number of hydrogen-bond acceptors (Lipinski definition) is 12. The molecule has 0 radical (unpaired) electrons. The van der Waals surface area contributed by atoms with Crippen molar-refractivity contribution in [2.75, 3.05) is 6.61 Å². The number of hydrogen-bond donors (Lipinski definition) is 8. The van der Waals surface area contributed by atoms with Gasteiger partial charge < -0.3 is 50.3 Å². The zero-order valence-electron chi connectivity index (χ0n) is 21.3. The van der Waals surface area contributed by atoms with Crippen molar-refractivity contribution >= 4 is 17.5 Å². The van der Waals surface area contributed by atoms with E-state index < -0.39 is 117 Å². The van der Waals surface area contributed by atoms with E-state index >= 15 is 0 Å². The van der Waals surface area contributed by atoms with E-state index in [1.807, 2.05) is 0 Å². The molecular formula is C26H28O13. The van der Waals surface area contributed by atoms with Crippen LogP contribution in [0.1, 0.15) is 80.2 Å². The van der Waals surface area contributed by atoms with Crippen LogP contribution in [0.2, 0.25) is 0 Å². The second kappa shape index (κ2) is 9.47. The molecule has 0 saturated carbocycles. The minimum Gasteiger partial charge on any atom is -0.507 e. The number of aliphatic hydroxyl groups excluding tert-OH is 3. The summed E-state index contributed by atoms with van der Waals surface area (Å²) >= 11 is 0. The Hall–Kier alpha value is -3.75.